The zero-order chi connectivity index (χ0) is 12.3. The third-order valence-electron chi connectivity index (χ3n) is 3.55. The molecule has 0 saturated heterocycles. The van der Waals surface area contributed by atoms with Gasteiger partial charge in [-0.2, -0.15) is 0 Å². The zero-order valence-electron chi connectivity index (χ0n) is 10.2. The highest BCUT2D eigenvalue weighted by atomic mass is 19.1. The lowest BCUT2D eigenvalue weighted by molar-refractivity contribution is 0.112. The lowest BCUT2D eigenvalue weighted by Gasteiger charge is -2.33. The standard InChI is InChI=1S/C14H18FNO/c1-2-16(9-11-5-3-6-11)14-12(10-17)7-4-8-13(14)15/h4,7-8,10-11H,2-3,5-6,9H2,1H3. The Morgan fingerprint density at radius 1 is 1.47 bits per heavy atom. The Morgan fingerprint density at radius 2 is 2.24 bits per heavy atom. The van der Waals surface area contributed by atoms with Crippen molar-refractivity contribution in [1.29, 1.82) is 0 Å². The van der Waals surface area contributed by atoms with E-state index in [-0.39, 0.29) is 5.82 Å². The molecule has 0 radical (unpaired) electrons. The van der Waals surface area contributed by atoms with E-state index < -0.39 is 0 Å². The minimum Gasteiger partial charge on any atom is -0.369 e. The van der Waals surface area contributed by atoms with Gasteiger partial charge in [-0.25, -0.2) is 4.39 Å². The van der Waals surface area contributed by atoms with Crippen LogP contribution in [0, 0.1) is 11.7 Å². The van der Waals surface area contributed by atoms with E-state index >= 15 is 0 Å². The monoisotopic (exact) mass is 235 g/mol. The molecule has 2 nitrogen and oxygen atoms in total. The molecule has 1 fully saturated rings. The largest absolute Gasteiger partial charge is 0.369 e. The van der Waals surface area contributed by atoms with Crippen LogP contribution in [0.25, 0.3) is 0 Å². The molecule has 3 heteroatoms. The zero-order valence-corrected chi connectivity index (χ0v) is 10.2. The number of rotatable bonds is 5. The van der Waals surface area contributed by atoms with Crippen molar-refractivity contribution in [3.05, 3.63) is 29.6 Å². The van der Waals surface area contributed by atoms with Gasteiger partial charge in [0.05, 0.1) is 5.69 Å². The Kier molecular flexibility index (Phi) is 3.77. The van der Waals surface area contributed by atoms with Crippen LogP contribution < -0.4 is 4.90 Å². The van der Waals surface area contributed by atoms with Gasteiger partial charge in [0.15, 0.2) is 6.29 Å². The molecular weight excluding hydrogens is 217 g/mol. The van der Waals surface area contributed by atoms with Crippen LogP contribution in [-0.4, -0.2) is 19.4 Å². The Labute approximate surface area is 101 Å². The van der Waals surface area contributed by atoms with Crippen molar-refractivity contribution in [3.63, 3.8) is 0 Å². The van der Waals surface area contributed by atoms with Crippen molar-refractivity contribution in [1.82, 2.24) is 0 Å². The molecule has 0 amide bonds. The van der Waals surface area contributed by atoms with Gasteiger partial charge in [0.25, 0.3) is 0 Å². The summed E-state index contributed by atoms with van der Waals surface area (Å²) < 4.78 is 13.8. The van der Waals surface area contributed by atoms with Crippen molar-refractivity contribution in [2.45, 2.75) is 26.2 Å². The number of hydrogen-bond acceptors (Lipinski definition) is 2. The van der Waals surface area contributed by atoms with Crippen LogP contribution >= 0.6 is 0 Å². The number of carbonyl (C=O) groups is 1. The molecule has 0 bridgehead atoms. The fraction of sp³-hybridized carbons (Fsp3) is 0.500. The summed E-state index contributed by atoms with van der Waals surface area (Å²) >= 11 is 0. The van der Waals surface area contributed by atoms with E-state index in [1.54, 1.807) is 12.1 Å². The third kappa shape index (κ3) is 2.48. The van der Waals surface area contributed by atoms with Gasteiger partial charge >= 0.3 is 0 Å². The lowest BCUT2D eigenvalue weighted by atomic mass is 9.85. The molecule has 0 aromatic heterocycles. The van der Waals surface area contributed by atoms with E-state index in [1.165, 1.54) is 25.3 Å². The number of aldehydes is 1. The minimum atomic E-state index is -0.296. The number of nitrogens with zero attached hydrogens (tertiary/aromatic N) is 1. The van der Waals surface area contributed by atoms with E-state index in [0.29, 0.717) is 17.2 Å². The van der Waals surface area contributed by atoms with E-state index in [0.717, 1.165) is 19.4 Å². The first-order valence-corrected chi connectivity index (χ1v) is 6.25. The maximum absolute atomic E-state index is 13.8. The number of para-hydroxylation sites is 1. The normalized spacial score (nSPS) is 15.4. The summed E-state index contributed by atoms with van der Waals surface area (Å²) in [5, 5.41) is 0. The fourth-order valence-electron chi connectivity index (χ4n) is 2.33. The van der Waals surface area contributed by atoms with Crippen LogP contribution in [0.4, 0.5) is 10.1 Å². The minimum absolute atomic E-state index is 0.296. The van der Waals surface area contributed by atoms with Crippen molar-refractivity contribution in [2.75, 3.05) is 18.0 Å². The van der Waals surface area contributed by atoms with E-state index in [4.69, 9.17) is 0 Å². The van der Waals surface area contributed by atoms with Gasteiger partial charge in [0, 0.05) is 18.7 Å². The molecule has 1 aromatic carbocycles. The molecule has 1 aliphatic carbocycles. The second-order valence-corrected chi connectivity index (χ2v) is 4.63. The SMILES string of the molecule is CCN(CC1CCC1)c1c(F)cccc1C=O. The van der Waals surface area contributed by atoms with Gasteiger partial charge in [-0.3, -0.25) is 4.79 Å². The highest BCUT2D eigenvalue weighted by Crippen LogP contribution is 2.31. The average molecular weight is 235 g/mol. The van der Waals surface area contributed by atoms with Crippen molar-refractivity contribution < 1.29 is 9.18 Å². The third-order valence-corrected chi connectivity index (χ3v) is 3.55. The molecule has 2 rings (SSSR count). The molecule has 17 heavy (non-hydrogen) atoms. The molecule has 0 unspecified atom stereocenters. The molecule has 1 aliphatic rings. The molecule has 0 heterocycles. The first-order valence-electron chi connectivity index (χ1n) is 6.25. The molecule has 1 aromatic rings. The first-order chi connectivity index (χ1) is 8.26. The van der Waals surface area contributed by atoms with Crippen LogP contribution in [0.5, 0.6) is 0 Å². The highest BCUT2D eigenvalue weighted by Gasteiger charge is 2.22. The smallest absolute Gasteiger partial charge is 0.152 e. The second-order valence-electron chi connectivity index (χ2n) is 4.63. The summed E-state index contributed by atoms with van der Waals surface area (Å²) in [4.78, 5) is 13.0. The first kappa shape index (κ1) is 12.1. The van der Waals surface area contributed by atoms with E-state index in [1.807, 2.05) is 11.8 Å². The highest BCUT2D eigenvalue weighted by molar-refractivity contribution is 5.84. The predicted octanol–water partition coefficient (Wildman–Crippen LogP) is 3.26. The number of anilines is 1. The summed E-state index contributed by atoms with van der Waals surface area (Å²) in [6.07, 6.45) is 4.46. The topological polar surface area (TPSA) is 20.3 Å². The van der Waals surface area contributed by atoms with E-state index in [9.17, 15) is 9.18 Å². The van der Waals surface area contributed by atoms with Crippen LogP contribution in [0.15, 0.2) is 18.2 Å². The summed E-state index contributed by atoms with van der Waals surface area (Å²) in [7, 11) is 0. The molecule has 0 atom stereocenters. The maximum Gasteiger partial charge on any atom is 0.152 e. The molecule has 92 valence electrons. The van der Waals surface area contributed by atoms with Gasteiger partial charge in [-0.05, 0) is 37.8 Å². The van der Waals surface area contributed by atoms with E-state index in [2.05, 4.69) is 0 Å². The number of halogens is 1. The van der Waals surface area contributed by atoms with Gasteiger partial charge in [-0.1, -0.05) is 12.5 Å². The molecule has 0 spiro atoms. The Bertz CT molecular complexity index is 401. The van der Waals surface area contributed by atoms with Crippen LogP contribution in [0.2, 0.25) is 0 Å². The van der Waals surface area contributed by atoms with Crippen LogP contribution in [0.1, 0.15) is 36.5 Å². The Balaban J connectivity index is 2.24. The van der Waals surface area contributed by atoms with Crippen molar-refractivity contribution in [3.8, 4) is 0 Å². The second kappa shape index (κ2) is 5.30. The Morgan fingerprint density at radius 3 is 2.76 bits per heavy atom. The van der Waals surface area contributed by atoms with Gasteiger partial charge < -0.3 is 4.90 Å². The average Bonchev–Trinajstić information content (AvgIpc) is 2.29. The van der Waals surface area contributed by atoms with Gasteiger partial charge in [0.1, 0.15) is 5.82 Å². The molecule has 0 aliphatic heterocycles. The fourth-order valence-corrected chi connectivity index (χ4v) is 2.33. The molecule has 0 N–H and O–H groups in total. The quantitative estimate of drug-likeness (QED) is 0.730. The maximum atomic E-state index is 13.8. The predicted molar refractivity (Wildman–Crippen MR) is 67.0 cm³/mol. The van der Waals surface area contributed by atoms with Crippen LogP contribution in [-0.2, 0) is 0 Å². The number of benzene rings is 1. The summed E-state index contributed by atoms with van der Waals surface area (Å²) in [5.74, 6) is 0.366. The van der Waals surface area contributed by atoms with Crippen molar-refractivity contribution >= 4 is 12.0 Å². The number of carbonyl (C=O) groups excluding carboxylic acids is 1. The van der Waals surface area contributed by atoms with Crippen LogP contribution in [0.3, 0.4) is 0 Å². The Hall–Kier alpha value is -1.38. The summed E-state index contributed by atoms with van der Waals surface area (Å²) in [5.41, 5.74) is 0.920. The summed E-state index contributed by atoms with van der Waals surface area (Å²) in [6, 6.07) is 4.68. The lowest BCUT2D eigenvalue weighted by Crippen LogP contribution is -2.33. The van der Waals surface area contributed by atoms with Gasteiger partial charge in [-0.15, -0.1) is 0 Å². The van der Waals surface area contributed by atoms with Gasteiger partial charge in [0.2, 0.25) is 0 Å². The molecule has 1 saturated carbocycles. The summed E-state index contributed by atoms with van der Waals surface area (Å²) in [6.45, 7) is 3.59. The number of hydrogen-bond donors (Lipinski definition) is 0. The molecular formula is C14H18FNO. The van der Waals surface area contributed by atoms with Crippen molar-refractivity contribution in [2.24, 2.45) is 5.92 Å².